The molecule has 7 rings (SSSR count). The maximum atomic E-state index is 13.7. The van der Waals surface area contributed by atoms with Crippen LogP contribution in [0.15, 0.2) is 65.5 Å². The van der Waals surface area contributed by atoms with E-state index in [4.69, 9.17) is 14.5 Å². The Balaban J connectivity index is 1.08. The van der Waals surface area contributed by atoms with Crippen molar-refractivity contribution < 1.29 is 23.9 Å². The summed E-state index contributed by atoms with van der Waals surface area (Å²) in [6.07, 6.45) is 0.227. The lowest BCUT2D eigenvalue weighted by molar-refractivity contribution is -0.189. The van der Waals surface area contributed by atoms with Gasteiger partial charge in [-0.1, -0.05) is 25.1 Å². The van der Waals surface area contributed by atoms with Gasteiger partial charge in [-0.15, -0.1) is 0 Å². The molecule has 0 aliphatic carbocycles. The first-order chi connectivity index (χ1) is 21.8. The summed E-state index contributed by atoms with van der Waals surface area (Å²) in [6, 6.07) is 19.2. The van der Waals surface area contributed by atoms with Crippen LogP contribution in [0.3, 0.4) is 0 Å². The predicted molar refractivity (Wildman–Crippen MR) is 168 cm³/mol. The fourth-order valence-electron chi connectivity index (χ4n) is 6.71. The van der Waals surface area contributed by atoms with Crippen molar-refractivity contribution in [3.05, 3.63) is 93.3 Å². The Hall–Kier alpha value is -4.83. The number of rotatable bonds is 7. The summed E-state index contributed by atoms with van der Waals surface area (Å²) in [6.45, 7) is 7.09. The minimum atomic E-state index is -1.70. The summed E-state index contributed by atoms with van der Waals surface area (Å²) >= 11 is 0. The van der Waals surface area contributed by atoms with Gasteiger partial charge in [-0.3, -0.25) is 19.3 Å². The van der Waals surface area contributed by atoms with Crippen LogP contribution in [0.1, 0.15) is 53.7 Å². The van der Waals surface area contributed by atoms with Gasteiger partial charge in [0.15, 0.2) is 5.78 Å². The molecular weight excluding hydrogens is 572 g/mol. The van der Waals surface area contributed by atoms with Crippen LogP contribution in [0.5, 0.6) is 0 Å². The first-order valence-corrected chi connectivity index (χ1v) is 15.4. The number of pyridine rings is 2. The molecule has 2 aromatic carbocycles. The number of anilines is 1. The number of cyclic esters (lactones) is 1. The molecule has 1 fully saturated rings. The van der Waals surface area contributed by atoms with E-state index in [0.717, 1.165) is 48.3 Å². The number of nitrogens with zero attached hydrogens (tertiary/aromatic N) is 4. The molecule has 2 aromatic heterocycles. The maximum Gasteiger partial charge on any atom is 0.355 e. The Morgan fingerprint density at radius 3 is 2.49 bits per heavy atom. The summed E-state index contributed by atoms with van der Waals surface area (Å²) in [5.74, 6) is -1.14. The number of aromatic nitrogens is 2. The molecule has 0 N–H and O–H groups in total. The number of hydrogen-bond donors (Lipinski definition) is 0. The molecule has 1 atom stereocenters. The van der Waals surface area contributed by atoms with Crippen molar-refractivity contribution in [2.75, 3.05) is 37.6 Å². The van der Waals surface area contributed by atoms with Crippen molar-refractivity contribution in [1.82, 2.24) is 14.5 Å². The summed E-state index contributed by atoms with van der Waals surface area (Å²) in [5, 5.41) is 0.988. The molecule has 0 bridgehead atoms. The van der Waals surface area contributed by atoms with Crippen molar-refractivity contribution in [2.24, 2.45) is 0 Å². The number of ether oxygens (including phenoxy) is 2. The summed E-state index contributed by atoms with van der Waals surface area (Å²) in [7, 11) is 0. The highest BCUT2D eigenvalue weighted by Gasteiger charge is 2.50. The monoisotopic (exact) mass is 606 g/mol. The fraction of sp³-hybridized carbons (Fsp3) is 0.343. The number of Topliss-reactive ketones (excluding diaryl/α,β-unsaturated/α-hetero) is 1. The van der Waals surface area contributed by atoms with Gasteiger partial charge in [-0.05, 0) is 55.8 Å². The number of hydrogen-bond acceptors (Lipinski definition) is 9. The normalized spacial score (nSPS) is 19.1. The molecule has 45 heavy (non-hydrogen) atoms. The standard InChI is InChI=1S/C35H34N4O6/c1-3-35(45-31(41)12-13-37-14-16-38(17-15-37)26-10-8-23(9-11-26)22(2)40)28-19-30-32-25(18-24-6-4-5-7-29(24)36-32)20-39(30)33(42)27(28)21-44-34(35)43/h4-11,18-19H,3,12-17,20-21H2,1-2H3. The van der Waals surface area contributed by atoms with E-state index in [0.29, 0.717) is 41.2 Å². The van der Waals surface area contributed by atoms with E-state index >= 15 is 0 Å². The van der Waals surface area contributed by atoms with E-state index in [1.807, 2.05) is 54.6 Å². The lowest BCUT2D eigenvalue weighted by Gasteiger charge is -2.37. The van der Waals surface area contributed by atoms with E-state index in [2.05, 4.69) is 9.80 Å². The van der Waals surface area contributed by atoms with Crippen LogP contribution in [0, 0.1) is 0 Å². The number of esters is 2. The highest BCUT2D eigenvalue weighted by atomic mass is 16.6. The number of para-hydroxylation sites is 1. The van der Waals surface area contributed by atoms with Gasteiger partial charge in [-0.25, -0.2) is 9.78 Å². The highest BCUT2D eigenvalue weighted by molar-refractivity contribution is 5.94. The lowest BCUT2D eigenvalue weighted by Crippen LogP contribution is -2.49. The molecule has 1 unspecified atom stereocenters. The first-order valence-electron chi connectivity index (χ1n) is 15.4. The van der Waals surface area contributed by atoms with E-state index in [-0.39, 0.29) is 30.8 Å². The molecule has 3 aliphatic heterocycles. The Morgan fingerprint density at radius 1 is 1.00 bits per heavy atom. The van der Waals surface area contributed by atoms with Crippen LogP contribution in [0.4, 0.5) is 5.69 Å². The van der Waals surface area contributed by atoms with Crippen LogP contribution >= 0.6 is 0 Å². The number of piperazine rings is 1. The quantitative estimate of drug-likeness (QED) is 0.200. The van der Waals surface area contributed by atoms with Gasteiger partial charge in [0.05, 0.1) is 35.4 Å². The Bertz CT molecular complexity index is 1910. The van der Waals surface area contributed by atoms with E-state index in [1.165, 1.54) is 0 Å². The third kappa shape index (κ3) is 4.99. The molecule has 5 heterocycles. The molecule has 3 aliphatic rings. The van der Waals surface area contributed by atoms with Gasteiger partial charge in [0.1, 0.15) is 6.61 Å². The fourth-order valence-corrected chi connectivity index (χ4v) is 6.71. The van der Waals surface area contributed by atoms with Crippen molar-refractivity contribution in [3.8, 4) is 11.4 Å². The summed E-state index contributed by atoms with van der Waals surface area (Å²) in [4.78, 5) is 61.3. The van der Waals surface area contributed by atoms with Gasteiger partial charge in [0, 0.05) is 60.5 Å². The minimum Gasteiger partial charge on any atom is -0.457 e. The van der Waals surface area contributed by atoms with Crippen LogP contribution in [-0.4, -0.2) is 64.9 Å². The van der Waals surface area contributed by atoms with Crippen molar-refractivity contribution in [1.29, 1.82) is 0 Å². The zero-order valence-corrected chi connectivity index (χ0v) is 25.4. The average molecular weight is 607 g/mol. The van der Waals surface area contributed by atoms with Crippen LogP contribution < -0.4 is 10.5 Å². The summed E-state index contributed by atoms with van der Waals surface area (Å²) in [5.41, 5.74) is 3.54. The molecule has 230 valence electrons. The van der Waals surface area contributed by atoms with Crippen molar-refractivity contribution >= 4 is 34.3 Å². The average Bonchev–Trinajstić information content (AvgIpc) is 3.42. The second kappa shape index (κ2) is 11.3. The third-order valence-electron chi connectivity index (χ3n) is 9.32. The largest absolute Gasteiger partial charge is 0.457 e. The number of carbonyl (C=O) groups excluding carboxylic acids is 3. The second-order valence-electron chi connectivity index (χ2n) is 11.9. The van der Waals surface area contributed by atoms with E-state index in [9.17, 15) is 19.2 Å². The molecule has 10 heteroatoms. The van der Waals surface area contributed by atoms with Crippen molar-refractivity contribution in [3.63, 3.8) is 0 Å². The van der Waals surface area contributed by atoms with Gasteiger partial charge < -0.3 is 18.9 Å². The Labute approximate surface area is 260 Å². The molecule has 0 radical (unpaired) electrons. The molecule has 10 nitrogen and oxygen atoms in total. The molecule has 0 saturated carbocycles. The van der Waals surface area contributed by atoms with Gasteiger partial charge >= 0.3 is 11.9 Å². The van der Waals surface area contributed by atoms with Crippen LogP contribution in [-0.2, 0) is 37.8 Å². The third-order valence-corrected chi connectivity index (χ3v) is 9.32. The van der Waals surface area contributed by atoms with Gasteiger partial charge in [0.2, 0.25) is 5.60 Å². The van der Waals surface area contributed by atoms with Crippen LogP contribution in [0.2, 0.25) is 0 Å². The minimum absolute atomic E-state index is 0.0421. The number of benzene rings is 2. The molecule has 1 saturated heterocycles. The predicted octanol–water partition coefficient (Wildman–Crippen LogP) is 4.05. The van der Waals surface area contributed by atoms with Gasteiger partial charge in [0.25, 0.3) is 5.56 Å². The summed E-state index contributed by atoms with van der Waals surface area (Å²) < 4.78 is 13.1. The zero-order chi connectivity index (χ0) is 31.3. The van der Waals surface area contributed by atoms with E-state index < -0.39 is 17.5 Å². The highest BCUT2D eigenvalue weighted by Crippen LogP contribution is 2.41. The van der Waals surface area contributed by atoms with Crippen LogP contribution in [0.25, 0.3) is 22.3 Å². The molecular formula is C35H34N4O6. The molecule has 4 aromatic rings. The first kappa shape index (κ1) is 28.9. The number of ketones is 1. The molecule has 0 spiro atoms. The number of fused-ring (bicyclic) bond motifs is 5. The Morgan fingerprint density at radius 2 is 1.76 bits per heavy atom. The topological polar surface area (TPSA) is 111 Å². The second-order valence-corrected chi connectivity index (χ2v) is 11.9. The van der Waals surface area contributed by atoms with E-state index in [1.54, 1.807) is 24.5 Å². The van der Waals surface area contributed by atoms with Crippen molar-refractivity contribution in [2.45, 2.75) is 45.4 Å². The zero-order valence-electron chi connectivity index (χ0n) is 25.4. The SMILES string of the molecule is CCC1(OC(=O)CCN2CCN(c3ccc(C(C)=O)cc3)CC2)C(=O)OCc2c1cc1n(c2=O)Cc2cc3ccccc3nc2-1. The maximum absolute atomic E-state index is 13.7. The number of carbonyl (C=O) groups is 3. The smallest absolute Gasteiger partial charge is 0.355 e. The molecule has 0 amide bonds. The Kier molecular flexibility index (Phi) is 7.24. The van der Waals surface area contributed by atoms with Gasteiger partial charge in [-0.2, -0.15) is 0 Å². The lowest BCUT2D eigenvalue weighted by atomic mass is 9.85.